The molecule has 0 heterocycles. The summed E-state index contributed by atoms with van der Waals surface area (Å²) >= 11 is 0. The van der Waals surface area contributed by atoms with Crippen LogP contribution in [0.15, 0.2) is 18.2 Å². The van der Waals surface area contributed by atoms with Crippen LogP contribution in [0.25, 0.3) is 0 Å². The van der Waals surface area contributed by atoms with E-state index in [1.807, 2.05) is 0 Å². The van der Waals surface area contributed by atoms with Crippen molar-refractivity contribution in [1.82, 2.24) is 5.32 Å². The van der Waals surface area contributed by atoms with Crippen LogP contribution < -0.4 is 11.1 Å². The topological polar surface area (TPSA) is 55.1 Å². The highest BCUT2D eigenvalue weighted by Gasteiger charge is 2.35. The third-order valence-electron chi connectivity index (χ3n) is 3.04. The molecule has 1 saturated carbocycles. The fourth-order valence-corrected chi connectivity index (χ4v) is 1.93. The van der Waals surface area contributed by atoms with Gasteiger partial charge in [-0.3, -0.25) is 4.79 Å². The van der Waals surface area contributed by atoms with Gasteiger partial charge in [-0.25, -0.2) is 4.39 Å². The monoisotopic (exact) mass is 276 g/mol. The first-order valence-electron chi connectivity index (χ1n) is 5.70. The largest absolute Gasteiger partial charge is 0.419 e. The third-order valence-corrected chi connectivity index (χ3v) is 3.04. The third kappa shape index (κ3) is 3.04. The molecule has 19 heavy (non-hydrogen) atoms. The van der Waals surface area contributed by atoms with Gasteiger partial charge in [0.2, 0.25) is 0 Å². The molecule has 1 aromatic rings. The SMILES string of the molecule is NC1CC(NC(=O)c2ccc(F)c(C(F)(F)F)c2)C1. The van der Waals surface area contributed by atoms with Crippen LogP contribution in [0, 0.1) is 5.82 Å². The summed E-state index contributed by atoms with van der Waals surface area (Å²) in [5.41, 5.74) is 3.88. The Morgan fingerprint density at radius 2 is 1.95 bits per heavy atom. The molecule has 0 unspecified atom stereocenters. The molecule has 3 nitrogen and oxygen atoms in total. The summed E-state index contributed by atoms with van der Waals surface area (Å²) in [5, 5.41) is 2.55. The fourth-order valence-electron chi connectivity index (χ4n) is 1.93. The second-order valence-corrected chi connectivity index (χ2v) is 4.59. The zero-order valence-electron chi connectivity index (χ0n) is 9.80. The number of hydrogen-bond donors (Lipinski definition) is 2. The van der Waals surface area contributed by atoms with Gasteiger partial charge in [0, 0.05) is 17.6 Å². The zero-order chi connectivity index (χ0) is 14.2. The van der Waals surface area contributed by atoms with Crippen LogP contribution in [0.1, 0.15) is 28.8 Å². The first-order chi connectivity index (χ1) is 8.77. The molecular formula is C12H12F4N2O. The molecule has 0 aliphatic heterocycles. The van der Waals surface area contributed by atoms with E-state index in [1.54, 1.807) is 0 Å². The minimum Gasteiger partial charge on any atom is -0.349 e. The molecule has 2 rings (SSSR count). The number of benzene rings is 1. The van der Waals surface area contributed by atoms with Gasteiger partial charge in [0.05, 0.1) is 5.56 Å². The Kier molecular flexibility index (Phi) is 3.49. The summed E-state index contributed by atoms with van der Waals surface area (Å²) in [5.74, 6) is -2.04. The number of nitrogens with two attached hydrogens (primary N) is 1. The Balaban J connectivity index is 2.14. The quantitative estimate of drug-likeness (QED) is 0.812. The number of amides is 1. The summed E-state index contributed by atoms with van der Waals surface area (Å²) in [6, 6.07) is 2.08. The molecule has 0 radical (unpaired) electrons. The van der Waals surface area contributed by atoms with E-state index in [9.17, 15) is 22.4 Å². The number of alkyl halides is 3. The average Bonchev–Trinajstić information content (AvgIpc) is 2.25. The van der Waals surface area contributed by atoms with Gasteiger partial charge in [0.15, 0.2) is 0 Å². The summed E-state index contributed by atoms with van der Waals surface area (Å²) in [7, 11) is 0. The van der Waals surface area contributed by atoms with E-state index in [1.165, 1.54) is 0 Å². The number of hydrogen-bond acceptors (Lipinski definition) is 2. The zero-order valence-corrected chi connectivity index (χ0v) is 9.80. The van der Waals surface area contributed by atoms with E-state index in [4.69, 9.17) is 5.73 Å². The lowest BCUT2D eigenvalue weighted by Gasteiger charge is -2.33. The highest BCUT2D eigenvalue weighted by atomic mass is 19.4. The van der Waals surface area contributed by atoms with Crippen LogP contribution in [-0.4, -0.2) is 18.0 Å². The molecule has 1 aromatic carbocycles. The number of carbonyl (C=O) groups excluding carboxylic acids is 1. The number of carbonyl (C=O) groups is 1. The second-order valence-electron chi connectivity index (χ2n) is 4.59. The van der Waals surface area contributed by atoms with Crippen molar-refractivity contribution in [2.75, 3.05) is 0 Å². The Morgan fingerprint density at radius 3 is 2.47 bits per heavy atom. The Bertz CT molecular complexity index is 495. The van der Waals surface area contributed by atoms with Crippen LogP contribution in [-0.2, 0) is 6.18 Å². The second kappa shape index (κ2) is 4.80. The molecule has 0 atom stereocenters. The van der Waals surface area contributed by atoms with E-state index in [0.29, 0.717) is 25.0 Å². The van der Waals surface area contributed by atoms with Gasteiger partial charge in [0.25, 0.3) is 5.91 Å². The molecule has 3 N–H and O–H groups in total. The molecule has 0 spiro atoms. The van der Waals surface area contributed by atoms with Crippen LogP contribution in [0.2, 0.25) is 0 Å². The molecule has 1 fully saturated rings. The molecule has 0 bridgehead atoms. The molecule has 1 aliphatic rings. The van der Waals surface area contributed by atoms with Crippen molar-refractivity contribution in [3.63, 3.8) is 0 Å². The highest BCUT2D eigenvalue weighted by molar-refractivity contribution is 5.94. The van der Waals surface area contributed by atoms with Gasteiger partial charge in [-0.05, 0) is 31.0 Å². The normalized spacial score (nSPS) is 22.8. The molecule has 104 valence electrons. The average molecular weight is 276 g/mol. The van der Waals surface area contributed by atoms with Crippen LogP contribution >= 0.6 is 0 Å². The first-order valence-corrected chi connectivity index (χ1v) is 5.70. The predicted octanol–water partition coefficient (Wildman–Crippen LogP) is 2.06. The Morgan fingerprint density at radius 1 is 1.32 bits per heavy atom. The van der Waals surface area contributed by atoms with Gasteiger partial charge in [-0.15, -0.1) is 0 Å². The van der Waals surface area contributed by atoms with Crippen LogP contribution in [0.4, 0.5) is 17.6 Å². The molecule has 1 aliphatic carbocycles. The molecule has 0 aromatic heterocycles. The predicted molar refractivity (Wildman–Crippen MR) is 59.9 cm³/mol. The Hall–Kier alpha value is -1.63. The van der Waals surface area contributed by atoms with Crippen LogP contribution in [0.3, 0.4) is 0 Å². The minimum absolute atomic E-state index is 0.0178. The van der Waals surface area contributed by atoms with Crippen molar-refractivity contribution in [3.8, 4) is 0 Å². The van der Waals surface area contributed by atoms with E-state index < -0.39 is 23.5 Å². The van der Waals surface area contributed by atoms with Gasteiger partial charge in [-0.2, -0.15) is 13.2 Å². The summed E-state index contributed by atoms with van der Waals surface area (Å²) < 4.78 is 50.5. The number of halogens is 4. The van der Waals surface area contributed by atoms with Crippen molar-refractivity contribution >= 4 is 5.91 Å². The van der Waals surface area contributed by atoms with Crippen molar-refractivity contribution in [1.29, 1.82) is 0 Å². The smallest absolute Gasteiger partial charge is 0.349 e. The molecule has 1 amide bonds. The van der Waals surface area contributed by atoms with Crippen molar-refractivity contribution < 1.29 is 22.4 Å². The van der Waals surface area contributed by atoms with Crippen molar-refractivity contribution in [3.05, 3.63) is 35.1 Å². The lowest BCUT2D eigenvalue weighted by Crippen LogP contribution is -2.50. The number of rotatable bonds is 2. The maximum atomic E-state index is 13.1. The standard InChI is InChI=1S/C12H12F4N2O/c13-10-2-1-6(3-9(10)12(14,15)16)11(19)18-8-4-7(17)5-8/h1-3,7-8H,4-5,17H2,(H,18,19). The van der Waals surface area contributed by atoms with Gasteiger partial charge >= 0.3 is 6.18 Å². The van der Waals surface area contributed by atoms with Gasteiger partial charge in [0.1, 0.15) is 5.82 Å². The van der Waals surface area contributed by atoms with Gasteiger partial charge in [-0.1, -0.05) is 0 Å². The van der Waals surface area contributed by atoms with Gasteiger partial charge < -0.3 is 11.1 Å². The van der Waals surface area contributed by atoms with Crippen molar-refractivity contribution in [2.24, 2.45) is 5.73 Å². The van der Waals surface area contributed by atoms with E-state index in [2.05, 4.69) is 5.32 Å². The fraction of sp³-hybridized carbons (Fsp3) is 0.417. The Labute approximate surface area is 106 Å². The van der Waals surface area contributed by atoms with Crippen LogP contribution in [0.5, 0.6) is 0 Å². The number of nitrogens with one attached hydrogen (secondary N) is 1. The highest BCUT2D eigenvalue weighted by Crippen LogP contribution is 2.32. The lowest BCUT2D eigenvalue weighted by molar-refractivity contribution is -0.140. The summed E-state index contributed by atoms with van der Waals surface area (Å²) in [6.45, 7) is 0. The lowest BCUT2D eigenvalue weighted by atomic mass is 9.87. The maximum Gasteiger partial charge on any atom is 0.419 e. The van der Waals surface area contributed by atoms with Crippen molar-refractivity contribution in [2.45, 2.75) is 31.1 Å². The summed E-state index contributed by atoms with van der Waals surface area (Å²) in [6.07, 6.45) is -3.63. The maximum absolute atomic E-state index is 13.1. The molecule has 7 heteroatoms. The molecular weight excluding hydrogens is 264 g/mol. The van der Waals surface area contributed by atoms with E-state index >= 15 is 0 Å². The molecule has 0 saturated heterocycles. The van der Waals surface area contributed by atoms with E-state index in [-0.39, 0.29) is 17.6 Å². The van der Waals surface area contributed by atoms with E-state index in [0.717, 1.165) is 6.07 Å². The summed E-state index contributed by atoms with van der Waals surface area (Å²) in [4.78, 5) is 11.7. The first kappa shape index (κ1) is 13.8. The minimum atomic E-state index is -4.82.